The van der Waals surface area contributed by atoms with Gasteiger partial charge in [0.1, 0.15) is 0 Å². The first-order valence-electron chi connectivity index (χ1n) is 6.01. The second-order valence-electron chi connectivity index (χ2n) is 4.83. The molecule has 0 bridgehead atoms. The Balaban J connectivity index is 1.95. The molecule has 1 saturated heterocycles. The highest BCUT2D eigenvalue weighted by Gasteiger charge is 2.28. The second kappa shape index (κ2) is 5.08. The van der Waals surface area contributed by atoms with Gasteiger partial charge in [0.05, 0.1) is 17.1 Å². The van der Waals surface area contributed by atoms with Crippen molar-refractivity contribution < 1.29 is 13.2 Å². The third kappa shape index (κ3) is 3.37. The molecule has 104 valence electrons. The average Bonchev–Trinajstić information content (AvgIpc) is 2.66. The molecule has 1 atom stereocenters. The molecule has 1 aromatic carbocycles. The third-order valence-corrected chi connectivity index (χ3v) is 5.04. The van der Waals surface area contributed by atoms with Gasteiger partial charge in [-0.15, -0.1) is 0 Å². The quantitative estimate of drug-likeness (QED) is 0.676. The second-order valence-corrected chi connectivity index (χ2v) is 7.05. The number of rotatable bonds is 3. The monoisotopic (exact) mass is 283 g/mol. The van der Waals surface area contributed by atoms with E-state index in [1.165, 1.54) is 6.07 Å². The van der Waals surface area contributed by atoms with Crippen molar-refractivity contribution >= 4 is 27.1 Å². The van der Waals surface area contributed by atoms with Crippen molar-refractivity contribution in [2.75, 3.05) is 29.5 Å². The lowest BCUT2D eigenvalue weighted by Crippen LogP contribution is -2.30. The predicted octanol–water partition coefficient (Wildman–Crippen LogP) is 0.0155. The van der Waals surface area contributed by atoms with Gasteiger partial charge in [-0.25, -0.2) is 8.42 Å². The van der Waals surface area contributed by atoms with Gasteiger partial charge in [0.2, 0.25) is 0 Å². The lowest BCUT2D eigenvalue weighted by molar-refractivity contribution is 0.0949. The van der Waals surface area contributed by atoms with Gasteiger partial charge in [0.25, 0.3) is 5.91 Å². The summed E-state index contributed by atoms with van der Waals surface area (Å²) in [5.74, 6) is 0.0351. The first kappa shape index (κ1) is 13.7. The minimum Gasteiger partial charge on any atom is -0.399 e. The third-order valence-electron chi connectivity index (χ3n) is 3.20. The zero-order valence-electron chi connectivity index (χ0n) is 10.4. The van der Waals surface area contributed by atoms with Gasteiger partial charge in [0.15, 0.2) is 9.84 Å². The molecule has 1 aliphatic rings. The van der Waals surface area contributed by atoms with Crippen LogP contribution in [0.2, 0.25) is 0 Å². The predicted molar refractivity (Wildman–Crippen MR) is 74.4 cm³/mol. The number of nitrogen functional groups attached to an aromatic ring is 2. The molecular weight excluding hydrogens is 266 g/mol. The maximum Gasteiger partial charge on any atom is 0.253 e. The summed E-state index contributed by atoms with van der Waals surface area (Å²) in [7, 11) is -2.91. The summed E-state index contributed by atoms with van der Waals surface area (Å²) in [6.45, 7) is 0.349. The molecule has 1 amide bonds. The van der Waals surface area contributed by atoms with E-state index in [-0.39, 0.29) is 23.3 Å². The summed E-state index contributed by atoms with van der Waals surface area (Å²) < 4.78 is 22.6. The van der Waals surface area contributed by atoms with E-state index in [9.17, 15) is 13.2 Å². The molecule has 5 N–H and O–H groups in total. The van der Waals surface area contributed by atoms with Crippen LogP contribution < -0.4 is 16.8 Å². The van der Waals surface area contributed by atoms with Crippen LogP contribution in [0.25, 0.3) is 0 Å². The van der Waals surface area contributed by atoms with Crippen LogP contribution in [0.3, 0.4) is 0 Å². The Bertz CT molecular complexity index is 598. The Hall–Kier alpha value is -1.76. The smallest absolute Gasteiger partial charge is 0.253 e. The number of benzene rings is 1. The molecule has 1 unspecified atom stereocenters. The van der Waals surface area contributed by atoms with Crippen LogP contribution in [0.4, 0.5) is 11.4 Å². The van der Waals surface area contributed by atoms with Crippen LogP contribution in [0.5, 0.6) is 0 Å². The molecule has 0 saturated carbocycles. The van der Waals surface area contributed by atoms with E-state index < -0.39 is 9.84 Å². The molecule has 0 aliphatic carbocycles. The molecule has 0 radical (unpaired) electrons. The van der Waals surface area contributed by atoms with Crippen molar-refractivity contribution in [2.45, 2.75) is 6.42 Å². The normalized spacial score (nSPS) is 21.2. The van der Waals surface area contributed by atoms with Gasteiger partial charge in [-0.05, 0) is 30.5 Å². The fraction of sp³-hybridized carbons (Fsp3) is 0.417. The molecule has 0 spiro atoms. The molecule has 1 fully saturated rings. The number of amides is 1. The first-order chi connectivity index (χ1) is 8.87. The van der Waals surface area contributed by atoms with E-state index in [0.717, 1.165) is 0 Å². The number of sulfone groups is 1. The number of carbonyl (C=O) groups is 1. The minimum absolute atomic E-state index is 0.0102. The molecule has 19 heavy (non-hydrogen) atoms. The first-order valence-corrected chi connectivity index (χ1v) is 7.83. The number of nitrogens with two attached hydrogens (primary N) is 2. The van der Waals surface area contributed by atoms with E-state index in [4.69, 9.17) is 11.5 Å². The maximum atomic E-state index is 11.9. The highest BCUT2D eigenvalue weighted by Crippen LogP contribution is 2.18. The summed E-state index contributed by atoms with van der Waals surface area (Å²) in [5.41, 5.74) is 12.4. The van der Waals surface area contributed by atoms with Gasteiger partial charge in [-0.2, -0.15) is 0 Å². The fourth-order valence-corrected chi connectivity index (χ4v) is 4.02. The standard InChI is InChI=1S/C12H17N3O3S/c13-9-1-2-10(11(14)5-9)12(16)15-6-8-3-4-19(17,18)7-8/h1-2,5,8H,3-4,6-7,13-14H2,(H,15,16). The van der Waals surface area contributed by atoms with E-state index in [1.54, 1.807) is 12.1 Å². The average molecular weight is 283 g/mol. The zero-order chi connectivity index (χ0) is 14.0. The van der Waals surface area contributed by atoms with Crippen LogP contribution in [-0.2, 0) is 9.84 Å². The fourth-order valence-electron chi connectivity index (χ4n) is 2.15. The molecule has 2 rings (SSSR count). The van der Waals surface area contributed by atoms with Crippen molar-refractivity contribution in [3.05, 3.63) is 23.8 Å². The summed E-state index contributed by atoms with van der Waals surface area (Å²) in [6, 6.07) is 4.69. The van der Waals surface area contributed by atoms with Crippen molar-refractivity contribution in [2.24, 2.45) is 5.92 Å². The van der Waals surface area contributed by atoms with Crippen molar-refractivity contribution in [1.82, 2.24) is 5.32 Å². The lowest BCUT2D eigenvalue weighted by Gasteiger charge is -2.11. The van der Waals surface area contributed by atoms with Gasteiger partial charge >= 0.3 is 0 Å². The van der Waals surface area contributed by atoms with Crippen LogP contribution >= 0.6 is 0 Å². The largest absolute Gasteiger partial charge is 0.399 e. The Morgan fingerprint density at radius 1 is 1.37 bits per heavy atom. The molecule has 1 aromatic rings. The van der Waals surface area contributed by atoms with Gasteiger partial charge < -0.3 is 16.8 Å². The van der Waals surface area contributed by atoms with Crippen LogP contribution in [0, 0.1) is 5.92 Å². The summed E-state index contributed by atoms with van der Waals surface area (Å²) in [6.07, 6.45) is 0.597. The Morgan fingerprint density at radius 3 is 2.68 bits per heavy atom. The highest BCUT2D eigenvalue weighted by atomic mass is 32.2. The highest BCUT2D eigenvalue weighted by molar-refractivity contribution is 7.91. The summed E-state index contributed by atoms with van der Waals surface area (Å²) in [5, 5.41) is 2.71. The molecular formula is C12H17N3O3S. The Labute approximate surface area is 112 Å². The van der Waals surface area contributed by atoms with E-state index in [0.29, 0.717) is 29.9 Å². The van der Waals surface area contributed by atoms with Crippen molar-refractivity contribution in [3.8, 4) is 0 Å². The molecule has 6 nitrogen and oxygen atoms in total. The van der Waals surface area contributed by atoms with Crippen molar-refractivity contribution in [1.29, 1.82) is 0 Å². The molecule has 7 heteroatoms. The minimum atomic E-state index is -2.91. The van der Waals surface area contributed by atoms with Gasteiger partial charge in [0, 0.05) is 17.9 Å². The van der Waals surface area contributed by atoms with Gasteiger partial charge in [-0.3, -0.25) is 4.79 Å². The molecule has 0 aromatic heterocycles. The molecule has 1 heterocycles. The Morgan fingerprint density at radius 2 is 2.11 bits per heavy atom. The maximum absolute atomic E-state index is 11.9. The van der Waals surface area contributed by atoms with Crippen molar-refractivity contribution in [3.63, 3.8) is 0 Å². The SMILES string of the molecule is Nc1ccc(C(=O)NCC2CCS(=O)(=O)C2)c(N)c1. The van der Waals surface area contributed by atoms with Gasteiger partial charge in [-0.1, -0.05) is 0 Å². The van der Waals surface area contributed by atoms with E-state index in [1.807, 2.05) is 0 Å². The topological polar surface area (TPSA) is 115 Å². The summed E-state index contributed by atoms with van der Waals surface area (Å²) >= 11 is 0. The zero-order valence-corrected chi connectivity index (χ0v) is 11.2. The molecule has 1 aliphatic heterocycles. The number of hydrogen-bond donors (Lipinski definition) is 3. The van der Waals surface area contributed by atoms with E-state index in [2.05, 4.69) is 5.32 Å². The number of anilines is 2. The number of carbonyl (C=O) groups excluding carboxylic acids is 1. The van der Waals surface area contributed by atoms with Crippen LogP contribution in [-0.4, -0.2) is 32.4 Å². The number of hydrogen-bond acceptors (Lipinski definition) is 5. The van der Waals surface area contributed by atoms with E-state index >= 15 is 0 Å². The van der Waals surface area contributed by atoms with Crippen LogP contribution in [0.15, 0.2) is 18.2 Å². The number of nitrogens with one attached hydrogen (secondary N) is 1. The lowest BCUT2D eigenvalue weighted by atomic mass is 10.1. The Kier molecular flexibility index (Phi) is 3.66. The van der Waals surface area contributed by atoms with Crippen LogP contribution in [0.1, 0.15) is 16.8 Å². The summed E-state index contributed by atoms with van der Waals surface area (Å²) in [4.78, 5) is 11.9.